The van der Waals surface area contributed by atoms with Gasteiger partial charge >= 0.3 is 0 Å². The Balaban J connectivity index is 1.96. The first-order chi connectivity index (χ1) is 13.3. The Labute approximate surface area is 164 Å². The van der Waals surface area contributed by atoms with Crippen LogP contribution in [0.3, 0.4) is 0 Å². The van der Waals surface area contributed by atoms with E-state index in [0.29, 0.717) is 36.7 Å². The standard InChI is InChI=1S/C22H23N3O3/c1-4-28-18-13-19(24-20(14-18)21(23)26)17-7-5-6-16(12-17)8-9-22(27)10-11-25(3)15(22)2/h5-7,12-14,27H,2,4,10-11H2,1,3H3,(H2,23,26)/t22-/m0/s1. The summed E-state index contributed by atoms with van der Waals surface area (Å²) >= 11 is 0. The molecule has 1 saturated heterocycles. The molecule has 0 saturated carbocycles. The molecular formula is C22H23N3O3. The van der Waals surface area contributed by atoms with Crippen molar-refractivity contribution in [2.75, 3.05) is 20.2 Å². The topological polar surface area (TPSA) is 88.7 Å². The molecule has 1 aliphatic rings. The second kappa shape index (κ2) is 7.75. The molecule has 2 heterocycles. The molecule has 1 aromatic carbocycles. The Morgan fingerprint density at radius 2 is 2.21 bits per heavy atom. The molecule has 0 unspecified atom stereocenters. The lowest BCUT2D eigenvalue weighted by Crippen LogP contribution is -2.26. The average molecular weight is 377 g/mol. The summed E-state index contributed by atoms with van der Waals surface area (Å²) in [4.78, 5) is 17.8. The van der Waals surface area contributed by atoms with E-state index >= 15 is 0 Å². The maximum absolute atomic E-state index is 11.6. The van der Waals surface area contributed by atoms with Crippen LogP contribution < -0.4 is 10.5 Å². The number of carbonyl (C=O) groups is 1. The Morgan fingerprint density at radius 1 is 1.43 bits per heavy atom. The van der Waals surface area contributed by atoms with Crippen LogP contribution in [0.25, 0.3) is 11.3 Å². The van der Waals surface area contributed by atoms with Crippen molar-refractivity contribution in [3.63, 3.8) is 0 Å². The molecule has 6 nitrogen and oxygen atoms in total. The van der Waals surface area contributed by atoms with E-state index in [1.807, 2.05) is 43.1 Å². The maximum Gasteiger partial charge on any atom is 0.267 e. The number of likely N-dealkylation sites (tertiary alicyclic amines) is 1. The van der Waals surface area contributed by atoms with E-state index in [9.17, 15) is 9.90 Å². The van der Waals surface area contributed by atoms with Gasteiger partial charge in [0.25, 0.3) is 5.91 Å². The third-order valence-corrected chi connectivity index (χ3v) is 4.68. The fourth-order valence-electron chi connectivity index (χ4n) is 3.02. The van der Waals surface area contributed by atoms with Crippen LogP contribution in [0.1, 0.15) is 29.4 Å². The number of primary amides is 1. The Kier molecular flexibility index (Phi) is 5.39. The fraction of sp³-hybridized carbons (Fsp3) is 0.273. The van der Waals surface area contributed by atoms with Crippen molar-refractivity contribution in [1.29, 1.82) is 0 Å². The average Bonchev–Trinajstić information content (AvgIpc) is 2.95. The van der Waals surface area contributed by atoms with E-state index in [2.05, 4.69) is 23.4 Å². The first kappa shape index (κ1) is 19.5. The highest BCUT2D eigenvalue weighted by atomic mass is 16.5. The summed E-state index contributed by atoms with van der Waals surface area (Å²) in [6.45, 7) is 6.96. The van der Waals surface area contributed by atoms with Crippen LogP contribution in [-0.4, -0.2) is 46.7 Å². The molecule has 3 N–H and O–H groups in total. The summed E-state index contributed by atoms with van der Waals surface area (Å²) in [6.07, 6.45) is 0.523. The van der Waals surface area contributed by atoms with Crippen molar-refractivity contribution < 1.29 is 14.6 Å². The largest absolute Gasteiger partial charge is 0.494 e. The second-order valence-corrected chi connectivity index (χ2v) is 6.68. The lowest BCUT2D eigenvalue weighted by Gasteiger charge is -2.19. The number of rotatable bonds is 4. The SMILES string of the molecule is C=C1N(C)CC[C@@]1(O)C#Cc1cccc(-c2cc(OCC)cc(C(N)=O)n2)c1. The molecule has 0 bridgehead atoms. The summed E-state index contributed by atoms with van der Waals surface area (Å²) < 4.78 is 5.52. The third kappa shape index (κ3) is 4.00. The molecule has 3 rings (SSSR count). The van der Waals surface area contributed by atoms with Crippen LogP contribution >= 0.6 is 0 Å². The first-order valence-electron chi connectivity index (χ1n) is 9.03. The molecule has 1 atom stereocenters. The van der Waals surface area contributed by atoms with E-state index < -0.39 is 11.5 Å². The lowest BCUT2D eigenvalue weighted by atomic mass is 10.00. The number of benzene rings is 1. The minimum Gasteiger partial charge on any atom is -0.494 e. The van der Waals surface area contributed by atoms with Crippen molar-refractivity contribution in [2.24, 2.45) is 5.73 Å². The van der Waals surface area contributed by atoms with Crippen molar-refractivity contribution in [3.8, 4) is 28.8 Å². The van der Waals surface area contributed by atoms with Crippen LogP contribution in [0.15, 0.2) is 48.7 Å². The van der Waals surface area contributed by atoms with Gasteiger partial charge in [0.05, 0.1) is 18.0 Å². The predicted octanol–water partition coefficient (Wildman–Crippen LogP) is 2.18. The van der Waals surface area contributed by atoms with Crippen LogP contribution in [0.5, 0.6) is 5.75 Å². The van der Waals surface area contributed by atoms with Gasteiger partial charge in [0, 0.05) is 43.3 Å². The van der Waals surface area contributed by atoms with Gasteiger partial charge in [-0.15, -0.1) is 0 Å². The van der Waals surface area contributed by atoms with Crippen LogP contribution in [-0.2, 0) is 0 Å². The number of hydrogen-bond donors (Lipinski definition) is 2. The zero-order valence-electron chi connectivity index (χ0n) is 16.0. The van der Waals surface area contributed by atoms with Gasteiger partial charge in [0.2, 0.25) is 0 Å². The molecule has 2 aromatic rings. The van der Waals surface area contributed by atoms with Crippen molar-refractivity contribution in [3.05, 3.63) is 59.9 Å². The summed E-state index contributed by atoms with van der Waals surface area (Å²) in [6, 6.07) is 10.7. The lowest BCUT2D eigenvalue weighted by molar-refractivity contribution is 0.0995. The number of hydrogen-bond acceptors (Lipinski definition) is 5. The summed E-state index contributed by atoms with van der Waals surface area (Å²) in [5, 5.41) is 10.7. The van der Waals surface area contributed by atoms with E-state index in [-0.39, 0.29) is 5.69 Å². The van der Waals surface area contributed by atoms with Crippen LogP contribution in [0.4, 0.5) is 0 Å². The molecule has 144 valence electrons. The van der Waals surface area contributed by atoms with Gasteiger partial charge in [-0.25, -0.2) is 4.98 Å². The number of nitrogens with two attached hydrogens (primary N) is 1. The number of pyridine rings is 1. The van der Waals surface area contributed by atoms with Gasteiger partial charge < -0.3 is 20.5 Å². The van der Waals surface area contributed by atoms with Gasteiger partial charge in [-0.3, -0.25) is 4.79 Å². The number of likely N-dealkylation sites (N-methyl/N-ethyl adjacent to an activating group) is 1. The molecule has 1 amide bonds. The monoisotopic (exact) mass is 377 g/mol. The van der Waals surface area contributed by atoms with Gasteiger partial charge in [-0.2, -0.15) is 0 Å². The van der Waals surface area contributed by atoms with Crippen molar-refractivity contribution >= 4 is 5.91 Å². The maximum atomic E-state index is 11.6. The molecule has 28 heavy (non-hydrogen) atoms. The van der Waals surface area contributed by atoms with Gasteiger partial charge in [0.1, 0.15) is 11.4 Å². The molecule has 0 aliphatic carbocycles. The molecule has 1 aliphatic heterocycles. The van der Waals surface area contributed by atoms with E-state index in [0.717, 1.165) is 11.1 Å². The smallest absolute Gasteiger partial charge is 0.267 e. The summed E-state index contributed by atoms with van der Waals surface area (Å²) in [5.74, 6) is 5.87. The normalized spacial score (nSPS) is 18.5. The molecule has 0 spiro atoms. The Morgan fingerprint density at radius 3 is 2.86 bits per heavy atom. The Hall–Kier alpha value is -3.30. The molecule has 0 radical (unpaired) electrons. The highest BCUT2D eigenvalue weighted by Crippen LogP contribution is 2.29. The minimum atomic E-state index is -1.21. The molecule has 1 aromatic heterocycles. The van der Waals surface area contributed by atoms with E-state index in [1.165, 1.54) is 6.07 Å². The van der Waals surface area contributed by atoms with Gasteiger partial charge in [-0.1, -0.05) is 30.6 Å². The Bertz CT molecular complexity index is 990. The molecular weight excluding hydrogens is 354 g/mol. The number of nitrogens with zero attached hydrogens (tertiary/aromatic N) is 2. The highest BCUT2D eigenvalue weighted by Gasteiger charge is 2.36. The van der Waals surface area contributed by atoms with Crippen LogP contribution in [0.2, 0.25) is 0 Å². The highest BCUT2D eigenvalue weighted by molar-refractivity contribution is 5.92. The second-order valence-electron chi connectivity index (χ2n) is 6.68. The molecule has 1 fully saturated rings. The molecule has 6 heteroatoms. The van der Waals surface area contributed by atoms with Crippen molar-refractivity contribution in [2.45, 2.75) is 18.9 Å². The summed E-state index contributed by atoms with van der Waals surface area (Å²) in [5.41, 5.74) is 6.97. The number of aromatic nitrogens is 1. The summed E-state index contributed by atoms with van der Waals surface area (Å²) in [7, 11) is 1.88. The van der Waals surface area contributed by atoms with Gasteiger partial charge in [0.15, 0.2) is 5.60 Å². The zero-order chi connectivity index (χ0) is 20.3. The third-order valence-electron chi connectivity index (χ3n) is 4.68. The first-order valence-corrected chi connectivity index (χ1v) is 9.03. The fourth-order valence-corrected chi connectivity index (χ4v) is 3.02. The quantitative estimate of drug-likeness (QED) is 0.798. The zero-order valence-corrected chi connectivity index (χ0v) is 16.0. The number of carbonyl (C=O) groups excluding carboxylic acids is 1. The number of amides is 1. The van der Waals surface area contributed by atoms with E-state index in [4.69, 9.17) is 10.5 Å². The minimum absolute atomic E-state index is 0.136. The predicted molar refractivity (Wildman–Crippen MR) is 108 cm³/mol. The number of ether oxygens (including phenoxy) is 1. The van der Waals surface area contributed by atoms with E-state index in [1.54, 1.807) is 6.07 Å². The van der Waals surface area contributed by atoms with Crippen LogP contribution in [0, 0.1) is 11.8 Å². The number of aliphatic hydroxyl groups is 1. The van der Waals surface area contributed by atoms with Gasteiger partial charge in [-0.05, 0) is 19.1 Å². The van der Waals surface area contributed by atoms with Crippen molar-refractivity contribution in [1.82, 2.24) is 9.88 Å².